The van der Waals surface area contributed by atoms with E-state index in [9.17, 15) is 9.59 Å². The van der Waals surface area contributed by atoms with Gasteiger partial charge in [0.15, 0.2) is 8.32 Å². The molecule has 0 aliphatic heterocycles. The van der Waals surface area contributed by atoms with Crippen molar-refractivity contribution in [1.29, 1.82) is 0 Å². The van der Waals surface area contributed by atoms with Crippen molar-refractivity contribution in [3.05, 3.63) is 0 Å². The van der Waals surface area contributed by atoms with E-state index >= 15 is 0 Å². The SMILES string of the molecule is CCCCCCCCCCCC(=O)CC(O[Si](C)(C)C)C(CCCCCC)C(=O)OC. The van der Waals surface area contributed by atoms with Gasteiger partial charge in [-0.25, -0.2) is 0 Å². The summed E-state index contributed by atoms with van der Waals surface area (Å²) in [5.74, 6) is -0.329. The van der Waals surface area contributed by atoms with Crippen LogP contribution < -0.4 is 0 Å². The second-order valence-corrected chi connectivity index (χ2v) is 14.5. The third kappa shape index (κ3) is 17.5. The summed E-state index contributed by atoms with van der Waals surface area (Å²) in [5.41, 5.74) is 0. The molecule has 0 heterocycles. The van der Waals surface area contributed by atoms with Crippen LogP contribution >= 0.6 is 0 Å². The van der Waals surface area contributed by atoms with Crippen LogP contribution in [0.1, 0.15) is 117 Å². The highest BCUT2D eigenvalue weighted by Crippen LogP contribution is 2.25. The lowest BCUT2D eigenvalue weighted by Crippen LogP contribution is -2.41. The number of hydrogen-bond acceptors (Lipinski definition) is 4. The van der Waals surface area contributed by atoms with E-state index in [-0.39, 0.29) is 23.8 Å². The second-order valence-electron chi connectivity index (χ2n) is 10.1. The van der Waals surface area contributed by atoms with E-state index < -0.39 is 8.32 Å². The fraction of sp³-hybridized carbons (Fsp3) is 0.923. The summed E-state index contributed by atoms with van der Waals surface area (Å²) in [4.78, 5) is 25.2. The van der Waals surface area contributed by atoms with Crippen LogP contribution in [0, 0.1) is 5.92 Å². The van der Waals surface area contributed by atoms with Crippen molar-refractivity contribution in [1.82, 2.24) is 0 Å². The Labute approximate surface area is 194 Å². The Morgan fingerprint density at radius 2 is 1.23 bits per heavy atom. The number of methoxy groups -OCH3 is 1. The van der Waals surface area contributed by atoms with Gasteiger partial charge < -0.3 is 9.16 Å². The molecule has 0 saturated heterocycles. The number of unbranched alkanes of at least 4 members (excludes halogenated alkanes) is 11. The van der Waals surface area contributed by atoms with E-state index in [1.54, 1.807) is 0 Å². The van der Waals surface area contributed by atoms with Crippen molar-refractivity contribution < 1.29 is 18.8 Å². The number of ether oxygens (including phenoxy) is 1. The molecule has 0 aromatic carbocycles. The maximum atomic E-state index is 12.7. The maximum Gasteiger partial charge on any atom is 0.311 e. The van der Waals surface area contributed by atoms with E-state index in [0.717, 1.165) is 38.5 Å². The first-order valence-corrected chi connectivity index (χ1v) is 16.4. The van der Waals surface area contributed by atoms with Crippen LogP contribution in [-0.2, 0) is 18.8 Å². The van der Waals surface area contributed by atoms with Crippen molar-refractivity contribution in [2.45, 2.75) is 142 Å². The molecule has 0 aliphatic rings. The lowest BCUT2D eigenvalue weighted by Gasteiger charge is -2.31. The Morgan fingerprint density at radius 1 is 0.742 bits per heavy atom. The lowest BCUT2D eigenvalue weighted by atomic mass is 9.91. The zero-order valence-corrected chi connectivity index (χ0v) is 22.6. The van der Waals surface area contributed by atoms with E-state index in [4.69, 9.17) is 9.16 Å². The van der Waals surface area contributed by atoms with Crippen molar-refractivity contribution in [3.63, 3.8) is 0 Å². The molecule has 0 amide bonds. The largest absolute Gasteiger partial charge is 0.469 e. The first kappa shape index (κ1) is 30.3. The first-order valence-electron chi connectivity index (χ1n) is 13.0. The number of rotatable bonds is 21. The molecule has 0 rings (SSSR count). The summed E-state index contributed by atoms with van der Waals surface area (Å²) in [7, 11) is -0.444. The fourth-order valence-electron chi connectivity index (χ4n) is 4.08. The van der Waals surface area contributed by atoms with Crippen LogP contribution in [0.25, 0.3) is 0 Å². The van der Waals surface area contributed by atoms with E-state index in [1.807, 2.05) is 0 Å². The molecule has 4 nitrogen and oxygen atoms in total. The third-order valence-corrected chi connectivity index (χ3v) is 6.82. The molecule has 0 aliphatic carbocycles. The number of carbonyl (C=O) groups excluding carboxylic acids is 2. The van der Waals surface area contributed by atoms with Crippen LogP contribution in [0.4, 0.5) is 0 Å². The van der Waals surface area contributed by atoms with Crippen molar-refractivity contribution in [3.8, 4) is 0 Å². The third-order valence-electron chi connectivity index (χ3n) is 5.81. The van der Waals surface area contributed by atoms with Gasteiger partial charge in [0.1, 0.15) is 5.78 Å². The van der Waals surface area contributed by atoms with E-state index in [2.05, 4.69) is 33.5 Å². The lowest BCUT2D eigenvalue weighted by molar-refractivity contribution is -0.149. The molecule has 0 aromatic heterocycles. The average molecular weight is 457 g/mol. The first-order chi connectivity index (χ1) is 14.7. The molecule has 31 heavy (non-hydrogen) atoms. The summed E-state index contributed by atoms with van der Waals surface area (Å²) in [6.45, 7) is 10.8. The highest BCUT2D eigenvalue weighted by atomic mass is 28.4. The molecular weight excluding hydrogens is 404 g/mol. The van der Waals surface area contributed by atoms with Gasteiger partial charge in [0, 0.05) is 12.8 Å². The van der Waals surface area contributed by atoms with Crippen molar-refractivity contribution in [2.75, 3.05) is 7.11 Å². The minimum absolute atomic E-state index is 0.226. The van der Waals surface area contributed by atoms with Gasteiger partial charge in [-0.1, -0.05) is 90.9 Å². The molecule has 0 saturated carbocycles. The minimum Gasteiger partial charge on any atom is -0.469 e. The van der Waals surface area contributed by atoms with Gasteiger partial charge in [-0.2, -0.15) is 0 Å². The Balaban J connectivity index is 4.57. The summed E-state index contributed by atoms with van der Waals surface area (Å²) in [5, 5.41) is 0. The molecule has 0 N–H and O–H groups in total. The highest BCUT2D eigenvalue weighted by Gasteiger charge is 2.34. The van der Waals surface area contributed by atoms with Crippen LogP contribution in [-0.4, -0.2) is 33.3 Å². The molecular formula is C26H52O4Si. The van der Waals surface area contributed by atoms with Crippen molar-refractivity contribution in [2.24, 2.45) is 5.92 Å². The van der Waals surface area contributed by atoms with Crippen LogP contribution in [0.15, 0.2) is 0 Å². The number of carbonyl (C=O) groups is 2. The number of hydrogen-bond donors (Lipinski definition) is 0. The monoisotopic (exact) mass is 456 g/mol. The number of esters is 1. The van der Waals surface area contributed by atoms with E-state index in [1.165, 1.54) is 58.5 Å². The molecule has 2 unspecified atom stereocenters. The van der Waals surface area contributed by atoms with Crippen LogP contribution in [0.2, 0.25) is 19.6 Å². The fourth-order valence-corrected chi connectivity index (χ4v) is 5.23. The van der Waals surface area contributed by atoms with Gasteiger partial charge in [0.25, 0.3) is 0 Å². The topological polar surface area (TPSA) is 52.6 Å². The molecule has 0 spiro atoms. The maximum absolute atomic E-state index is 12.7. The standard InChI is InChI=1S/C26H52O4Si/c1-7-9-11-13-14-15-16-17-18-20-23(27)22-25(30-31(4,5)6)24(26(28)29-3)21-19-12-10-8-2/h24-25H,7-22H2,1-6H3. The molecule has 2 atom stereocenters. The smallest absolute Gasteiger partial charge is 0.311 e. The van der Waals surface area contributed by atoms with Crippen molar-refractivity contribution >= 4 is 20.1 Å². The Hall–Kier alpha value is -0.683. The van der Waals surface area contributed by atoms with Gasteiger partial charge in [-0.05, 0) is 32.5 Å². The summed E-state index contributed by atoms with van der Waals surface area (Å²) in [6.07, 6.45) is 17.0. The summed E-state index contributed by atoms with van der Waals surface area (Å²) >= 11 is 0. The molecule has 0 aromatic rings. The number of Topliss-reactive ketones (excluding diaryl/α,β-unsaturated/α-hetero) is 1. The molecule has 184 valence electrons. The summed E-state index contributed by atoms with van der Waals surface area (Å²) in [6, 6.07) is 0. The quantitative estimate of drug-likeness (QED) is 0.100. The van der Waals surface area contributed by atoms with Gasteiger partial charge >= 0.3 is 5.97 Å². The van der Waals surface area contributed by atoms with E-state index in [0.29, 0.717) is 12.8 Å². The van der Waals surface area contributed by atoms with Gasteiger partial charge in [0.2, 0.25) is 0 Å². The minimum atomic E-state index is -1.89. The Morgan fingerprint density at radius 3 is 1.71 bits per heavy atom. The molecule has 0 fully saturated rings. The Kier molecular flexibility index (Phi) is 18.4. The number of ketones is 1. The van der Waals surface area contributed by atoms with Gasteiger partial charge in [0.05, 0.1) is 19.1 Å². The van der Waals surface area contributed by atoms with Crippen LogP contribution in [0.5, 0.6) is 0 Å². The highest BCUT2D eigenvalue weighted by molar-refractivity contribution is 6.69. The zero-order chi connectivity index (χ0) is 23.5. The zero-order valence-electron chi connectivity index (χ0n) is 21.6. The molecule has 5 heteroatoms. The van der Waals surface area contributed by atoms with Gasteiger partial charge in [-0.15, -0.1) is 0 Å². The average Bonchev–Trinajstić information content (AvgIpc) is 2.70. The molecule has 0 bridgehead atoms. The summed E-state index contributed by atoms with van der Waals surface area (Å²) < 4.78 is 11.5. The predicted molar refractivity (Wildman–Crippen MR) is 134 cm³/mol. The Bertz CT molecular complexity index is 459. The van der Waals surface area contributed by atoms with Crippen LogP contribution in [0.3, 0.4) is 0 Å². The second kappa shape index (κ2) is 18.8. The van der Waals surface area contributed by atoms with Gasteiger partial charge in [-0.3, -0.25) is 9.59 Å². The molecule has 0 radical (unpaired) electrons. The normalized spacial score (nSPS) is 13.7. The predicted octanol–water partition coefficient (Wildman–Crippen LogP) is 7.85.